The van der Waals surface area contributed by atoms with Gasteiger partial charge in [-0.25, -0.2) is 8.42 Å². The molecule has 2 fully saturated rings. The molecule has 5 nitrogen and oxygen atoms in total. The van der Waals surface area contributed by atoms with Gasteiger partial charge in [-0.2, -0.15) is 5.26 Å². The van der Waals surface area contributed by atoms with Gasteiger partial charge in [-0.3, -0.25) is 4.79 Å². The monoisotopic (exact) mass is 242 g/mol. The molecular formula is C10H14N2O3S. The highest BCUT2D eigenvalue weighted by molar-refractivity contribution is 7.91. The Bertz CT molecular complexity index is 445. The highest BCUT2D eigenvalue weighted by Crippen LogP contribution is 2.45. The molecule has 1 saturated heterocycles. The summed E-state index contributed by atoms with van der Waals surface area (Å²) in [4.78, 5) is 11.6. The smallest absolute Gasteiger partial charge is 0.240 e. The molecule has 1 N–H and O–H groups in total. The summed E-state index contributed by atoms with van der Waals surface area (Å²) in [5.74, 6) is 0.159. The Morgan fingerprint density at radius 3 is 2.62 bits per heavy atom. The predicted molar refractivity (Wildman–Crippen MR) is 57.1 cm³/mol. The summed E-state index contributed by atoms with van der Waals surface area (Å²) in [7, 11) is -2.89. The molecule has 1 unspecified atom stereocenters. The van der Waals surface area contributed by atoms with Gasteiger partial charge >= 0.3 is 0 Å². The Kier molecular flexibility index (Phi) is 2.66. The van der Waals surface area contributed by atoms with Crippen molar-refractivity contribution in [3.05, 3.63) is 0 Å². The maximum absolute atomic E-state index is 11.6. The number of nitrogens with one attached hydrogen (secondary N) is 1. The van der Waals surface area contributed by atoms with Crippen LogP contribution in [0.3, 0.4) is 0 Å². The Balaban J connectivity index is 1.81. The zero-order valence-corrected chi connectivity index (χ0v) is 9.72. The van der Waals surface area contributed by atoms with E-state index in [-0.39, 0.29) is 23.3 Å². The molecule has 1 aliphatic carbocycles. The molecule has 1 atom stereocenters. The summed E-state index contributed by atoms with van der Waals surface area (Å²) in [6.45, 7) is 0.376. The van der Waals surface area contributed by atoms with Gasteiger partial charge in [-0.05, 0) is 25.2 Å². The summed E-state index contributed by atoms with van der Waals surface area (Å²) in [5, 5.41) is 11.5. The van der Waals surface area contributed by atoms with E-state index in [1.54, 1.807) is 0 Å². The number of carbonyl (C=O) groups excluding carboxylic acids is 1. The van der Waals surface area contributed by atoms with E-state index >= 15 is 0 Å². The van der Waals surface area contributed by atoms with E-state index in [9.17, 15) is 13.2 Å². The first kappa shape index (κ1) is 11.4. The molecule has 88 valence electrons. The highest BCUT2D eigenvalue weighted by Gasteiger charge is 2.50. The first-order chi connectivity index (χ1) is 7.47. The van der Waals surface area contributed by atoms with Crippen LogP contribution in [0.1, 0.15) is 19.3 Å². The molecule has 2 aliphatic rings. The standard InChI is InChI=1S/C10H14N2O3S/c11-7-10(2-3-10)9(13)12-5-8-1-4-16(14,15)6-8/h8H,1-6H2,(H,12,13). The zero-order valence-electron chi connectivity index (χ0n) is 8.90. The van der Waals surface area contributed by atoms with Crippen molar-refractivity contribution in [2.45, 2.75) is 19.3 Å². The number of amides is 1. The Hall–Kier alpha value is -1.09. The number of nitriles is 1. The van der Waals surface area contributed by atoms with Crippen LogP contribution < -0.4 is 5.32 Å². The maximum atomic E-state index is 11.6. The van der Waals surface area contributed by atoms with Gasteiger partial charge in [0, 0.05) is 6.54 Å². The van der Waals surface area contributed by atoms with Crippen molar-refractivity contribution in [3.63, 3.8) is 0 Å². The van der Waals surface area contributed by atoms with E-state index in [1.807, 2.05) is 6.07 Å². The lowest BCUT2D eigenvalue weighted by molar-refractivity contribution is -0.124. The Morgan fingerprint density at radius 1 is 1.50 bits per heavy atom. The third-order valence-electron chi connectivity index (χ3n) is 3.28. The third kappa shape index (κ3) is 2.19. The van der Waals surface area contributed by atoms with Crippen LogP contribution in [0.25, 0.3) is 0 Å². The van der Waals surface area contributed by atoms with E-state index in [0.717, 1.165) is 0 Å². The van der Waals surface area contributed by atoms with Crippen molar-refractivity contribution in [1.29, 1.82) is 5.26 Å². The molecule has 0 bridgehead atoms. The van der Waals surface area contributed by atoms with Gasteiger partial charge in [0.05, 0.1) is 17.6 Å². The number of hydrogen-bond acceptors (Lipinski definition) is 4. The number of sulfone groups is 1. The van der Waals surface area contributed by atoms with Crippen LogP contribution in [0.2, 0.25) is 0 Å². The van der Waals surface area contributed by atoms with E-state index in [1.165, 1.54) is 0 Å². The van der Waals surface area contributed by atoms with Crippen molar-refractivity contribution in [1.82, 2.24) is 5.32 Å². The minimum atomic E-state index is -2.89. The van der Waals surface area contributed by atoms with Crippen LogP contribution in [-0.2, 0) is 14.6 Å². The summed E-state index contributed by atoms with van der Waals surface area (Å²) < 4.78 is 22.4. The number of rotatable bonds is 3. The molecule has 1 heterocycles. The van der Waals surface area contributed by atoms with Crippen molar-refractivity contribution >= 4 is 15.7 Å². The molecule has 0 spiro atoms. The average Bonchev–Trinajstić information content (AvgIpc) is 2.96. The second-order valence-corrected chi connectivity index (χ2v) is 6.90. The summed E-state index contributed by atoms with van der Waals surface area (Å²) in [6, 6.07) is 2.01. The number of carbonyl (C=O) groups is 1. The van der Waals surface area contributed by atoms with Crippen LogP contribution in [0.15, 0.2) is 0 Å². The van der Waals surface area contributed by atoms with Gasteiger partial charge in [0.15, 0.2) is 9.84 Å². The van der Waals surface area contributed by atoms with E-state index < -0.39 is 15.3 Å². The molecule has 1 amide bonds. The van der Waals surface area contributed by atoms with E-state index in [2.05, 4.69) is 5.32 Å². The number of nitrogens with zero attached hydrogens (tertiary/aromatic N) is 1. The summed E-state index contributed by atoms with van der Waals surface area (Å²) >= 11 is 0. The largest absolute Gasteiger partial charge is 0.354 e. The van der Waals surface area contributed by atoms with Gasteiger partial charge in [-0.1, -0.05) is 0 Å². The van der Waals surface area contributed by atoms with Crippen LogP contribution in [0, 0.1) is 22.7 Å². The van der Waals surface area contributed by atoms with Gasteiger partial charge < -0.3 is 5.32 Å². The molecular weight excluding hydrogens is 228 g/mol. The Morgan fingerprint density at radius 2 is 2.19 bits per heavy atom. The summed E-state index contributed by atoms with van der Waals surface area (Å²) in [5.41, 5.74) is -0.808. The minimum absolute atomic E-state index is 0.0171. The minimum Gasteiger partial charge on any atom is -0.354 e. The highest BCUT2D eigenvalue weighted by atomic mass is 32.2. The molecule has 0 aromatic heterocycles. The quantitative estimate of drug-likeness (QED) is 0.745. The molecule has 0 aromatic rings. The van der Waals surface area contributed by atoms with Crippen LogP contribution in [0.5, 0.6) is 0 Å². The zero-order chi connectivity index (χ0) is 11.8. The Labute approximate surface area is 94.7 Å². The maximum Gasteiger partial charge on any atom is 0.240 e. The fourth-order valence-corrected chi connectivity index (χ4v) is 3.82. The topological polar surface area (TPSA) is 87.0 Å². The number of hydrogen-bond donors (Lipinski definition) is 1. The average molecular weight is 242 g/mol. The predicted octanol–water partition coefficient (Wildman–Crippen LogP) is -0.159. The summed E-state index contributed by atoms with van der Waals surface area (Å²) in [6.07, 6.45) is 1.86. The normalized spacial score (nSPS) is 29.3. The van der Waals surface area contributed by atoms with Gasteiger partial charge in [-0.15, -0.1) is 0 Å². The van der Waals surface area contributed by atoms with Crippen LogP contribution in [-0.4, -0.2) is 32.4 Å². The molecule has 0 aromatic carbocycles. The third-order valence-corrected chi connectivity index (χ3v) is 5.11. The lowest BCUT2D eigenvalue weighted by atomic mass is 10.1. The fourth-order valence-electron chi connectivity index (χ4n) is 1.95. The van der Waals surface area contributed by atoms with Crippen molar-refractivity contribution in [3.8, 4) is 6.07 Å². The lowest BCUT2D eigenvalue weighted by Crippen LogP contribution is -2.35. The van der Waals surface area contributed by atoms with E-state index in [4.69, 9.17) is 5.26 Å². The van der Waals surface area contributed by atoms with Gasteiger partial charge in [0.2, 0.25) is 5.91 Å². The van der Waals surface area contributed by atoms with E-state index in [0.29, 0.717) is 25.8 Å². The first-order valence-electron chi connectivity index (χ1n) is 5.37. The van der Waals surface area contributed by atoms with Crippen LogP contribution >= 0.6 is 0 Å². The second-order valence-electron chi connectivity index (χ2n) is 4.67. The SMILES string of the molecule is N#CC1(C(=O)NCC2CCS(=O)(=O)C2)CC1. The molecule has 2 rings (SSSR count). The molecule has 1 aliphatic heterocycles. The lowest BCUT2D eigenvalue weighted by Gasteiger charge is -2.11. The van der Waals surface area contributed by atoms with Crippen molar-refractivity contribution in [2.75, 3.05) is 18.1 Å². The second kappa shape index (κ2) is 3.74. The van der Waals surface area contributed by atoms with Crippen molar-refractivity contribution < 1.29 is 13.2 Å². The van der Waals surface area contributed by atoms with Crippen LogP contribution in [0.4, 0.5) is 0 Å². The molecule has 0 radical (unpaired) electrons. The molecule has 6 heteroatoms. The molecule has 1 saturated carbocycles. The first-order valence-corrected chi connectivity index (χ1v) is 7.20. The van der Waals surface area contributed by atoms with Gasteiger partial charge in [0.1, 0.15) is 5.41 Å². The fraction of sp³-hybridized carbons (Fsp3) is 0.800. The molecule has 16 heavy (non-hydrogen) atoms. The van der Waals surface area contributed by atoms with Gasteiger partial charge in [0.25, 0.3) is 0 Å². The van der Waals surface area contributed by atoms with Crippen molar-refractivity contribution in [2.24, 2.45) is 11.3 Å².